The second kappa shape index (κ2) is 10.4. The lowest BCUT2D eigenvalue weighted by Crippen LogP contribution is -2.51. The Morgan fingerprint density at radius 3 is 2.41 bits per heavy atom. The molecule has 2 fully saturated rings. The number of aliphatic imine (C=N–C) groups is 1. The van der Waals surface area contributed by atoms with Crippen molar-refractivity contribution >= 4 is 46.5 Å². The van der Waals surface area contributed by atoms with Crippen molar-refractivity contribution in [2.45, 2.75) is 45.6 Å². The highest BCUT2D eigenvalue weighted by Crippen LogP contribution is 2.21. The molecule has 4 rings (SSSR count). The monoisotopic (exact) mass is 471 g/mol. The average molecular weight is 472 g/mol. The fraction of sp³-hybridized carbons (Fsp3) is 0.478. The Morgan fingerprint density at radius 2 is 1.75 bits per heavy atom. The summed E-state index contributed by atoms with van der Waals surface area (Å²) in [6.45, 7) is 7.25. The summed E-state index contributed by atoms with van der Waals surface area (Å²) in [7, 11) is 0. The lowest BCUT2D eigenvalue weighted by molar-refractivity contribution is 0.385. The molecule has 0 amide bonds. The Kier molecular flexibility index (Phi) is 7.42. The number of guanidine groups is 1. The number of nitrogens with zero attached hydrogens (tertiary/aromatic N) is 5. The molecular weight excluding hydrogens is 442 g/mol. The molecule has 0 bridgehead atoms. The number of hydrogen-bond donors (Lipinski definition) is 2. The van der Waals surface area contributed by atoms with Gasteiger partial charge in [-0.2, -0.15) is 4.99 Å². The molecule has 9 heteroatoms. The number of anilines is 2. The summed E-state index contributed by atoms with van der Waals surface area (Å²) in [4.78, 5) is 18.4. The van der Waals surface area contributed by atoms with Gasteiger partial charge >= 0.3 is 0 Å². The van der Waals surface area contributed by atoms with Crippen molar-refractivity contribution in [2.75, 3.05) is 36.4 Å². The van der Waals surface area contributed by atoms with E-state index in [1.165, 1.54) is 12.8 Å². The molecule has 2 heterocycles. The molecule has 0 unspecified atom stereocenters. The average Bonchev–Trinajstić information content (AvgIpc) is 3.25. The van der Waals surface area contributed by atoms with Crippen LogP contribution in [0, 0.1) is 13.8 Å². The molecule has 2 aromatic rings. The van der Waals surface area contributed by atoms with Crippen molar-refractivity contribution in [3.05, 3.63) is 46.7 Å². The number of piperazine rings is 1. The number of nitrogens with one attached hydrogen (secondary N) is 2. The minimum Gasteiger partial charge on any atom is -0.368 e. The molecule has 0 radical (unpaired) electrons. The van der Waals surface area contributed by atoms with Crippen LogP contribution in [0.25, 0.3) is 0 Å². The Morgan fingerprint density at radius 1 is 1.06 bits per heavy atom. The molecule has 1 aromatic carbocycles. The van der Waals surface area contributed by atoms with E-state index in [9.17, 15) is 0 Å². The quantitative estimate of drug-likeness (QED) is 0.396. The van der Waals surface area contributed by atoms with Gasteiger partial charge in [0.25, 0.3) is 0 Å². The molecule has 1 aliphatic heterocycles. The van der Waals surface area contributed by atoms with E-state index < -0.39 is 0 Å². The van der Waals surface area contributed by atoms with Crippen LogP contribution < -0.4 is 15.5 Å². The zero-order chi connectivity index (χ0) is 22.5. The maximum absolute atomic E-state index is 6.18. The first-order valence-corrected chi connectivity index (χ1v) is 12.0. The molecule has 1 aromatic heterocycles. The Hall–Kier alpha value is -2.45. The summed E-state index contributed by atoms with van der Waals surface area (Å²) in [6.07, 6.45) is 4.79. The van der Waals surface area contributed by atoms with Gasteiger partial charge in [-0.05, 0) is 63.2 Å². The van der Waals surface area contributed by atoms with E-state index in [-0.39, 0.29) is 0 Å². The van der Waals surface area contributed by atoms with Crippen LogP contribution in [-0.2, 0) is 0 Å². The van der Waals surface area contributed by atoms with Crippen LogP contribution in [-0.4, -0.2) is 58.2 Å². The summed E-state index contributed by atoms with van der Waals surface area (Å²) in [5.41, 5.74) is 2.97. The third-order valence-corrected chi connectivity index (χ3v) is 6.29. The topological polar surface area (TPSA) is 68.7 Å². The molecule has 2 aliphatic rings. The predicted octanol–water partition coefficient (Wildman–Crippen LogP) is 4.15. The van der Waals surface area contributed by atoms with Crippen LogP contribution in [0.15, 0.2) is 35.3 Å². The highest BCUT2D eigenvalue weighted by atomic mass is 35.5. The highest BCUT2D eigenvalue weighted by Gasteiger charge is 2.22. The maximum Gasteiger partial charge on any atom is 0.229 e. The standard InChI is InChI=1S/C23H30ClN7S/c1-16-14-17(2)26-21(25-16)28-22(29-23(32)27-19-7-3-4-8-19)31-12-10-30(11-13-31)20-9-5-6-18(24)15-20/h5-6,9,14-15,19H,3-4,7-8,10-13H2,1-2H3,(H2,25,26,27,28,29,32). The van der Waals surface area contributed by atoms with Crippen LogP contribution in [0.1, 0.15) is 37.1 Å². The lowest BCUT2D eigenvalue weighted by Gasteiger charge is -2.37. The van der Waals surface area contributed by atoms with Gasteiger partial charge in [-0.25, -0.2) is 9.97 Å². The van der Waals surface area contributed by atoms with Gasteiger partial charge in [-0.1, -0.05) is 30.5 Å². The van der Waals surface area contributed by atoms with E-state index in [4.69, 9.17) is 28.8 Å². The molecule has 170 valence electrons. The number of hydrogen-bond acceptors (Lipinski definition) is 4. The van der Waals surface area contributed by atoms with Crippen LogP contribution in [0.5, 0.6) is 0 Å². The molecule has 7 nitrogen and oxygen atoms in total. The smallest absolute Gasteiger partial charge is 0.229 e. The molecule has 1 saturated carbocycles. The van der Waals surface area contributed by atoms with E-state index in [1.54, 1.807) is 0 Å². The van der Waals surface area contributed by atoms with Crippen LogP contribution in [0.2, 0.25) is 5.02 Å². The van der Waals surface area contributed by atoms with Gasteiger partial charge in [0.15, 0.2) is 5.11 Å². The molecule has 0 atom stereocenters. The van der Waals surface area contributed by atoms with Gasteiger partial charge in [-0.15, -0.1) is 0 Å². The van der Waals surface area contributed by atoms with E-state index in [2.05, 4.69) is 36.5 Å². The van der Waals surface area contributed by atoms with E-state index in [0.717, 1.165) is 61.1 Å². The van der Waals surface area contributed by atoms with Crippen molar-refractivity contribution < 1.29 is 0 Å². The Labute approximate surface area is 200 Å². The largest absolute Gasteiger partial charge is 0.368 e. The van der Waals surface area contributed by atoms with Crippen LogP contribution >= 0.6 is 23.8 Å². The van der Waals surface area contributed by atoms with Gasteiger partial charge < -0.3 is 15.1 Å². The van der Waals surface area contributed by atoms with E-state index in [0.29, 0.717) is 23.1 Å². The van der Waals surface area contributed by atoms with E-state index in [1.807, 2.05) is 38.1 Å². The molecule has 0 spiro atoms. The van der Waals surface area contributed by atoms with Crippen LogP contribution in [0.3, 0.4) is 0 Å². The van der Waals surface area contributed by atoms with Gasteiger partial charge in [0.1, 0.15) is 0 Å². The molecule has 2 N–H and O–H groups in total. The van der Waals surface area contributed by atoms with Gasteiger partial charge in [0, 0.05) is 54.3 Å². The second-order valence-corrected chi connectivity index (χ2v) is 9.24. The summed E-state index contributed by atoms with van der Waals surface area (Å²) in [5, 5.41) is 8.01. The van der Waals surface area contributed by atoms with Crippen molar-refractivity contribution in [1.29, 1.82) is 0 Å². The van der Waals surface area contributed by atoms with Crippen molar-refractivity contribution in [3.8, 4) is 0 Å². The summed E-state index contributed by atoms with van der Waals surface area (Å²) in [5.74, 6) is 1.23. The summed E-state index contributed by atoms with van der Waals surface area (Å²) in [6, 6.07) is 10.4. The number of benzene rings is 1. The first-order valence-electron chi connectivity index (χ1n) is 11.2. The number of rotatable bonds is 3. The van der Waals surface area contributed by atoms with Crippen molar-refractivity contribution in [1.82, 2.24) is 20.2 Å². The zero-order valence-electron chi connectivity index (χ0n) is 18.6. The Bertz CT molecular complexity index is 962. The number of aryl methyl sites for hydroxylation is 2. The lowest BCUT2D eigenvalue weighted by atomic mass is 10.2. The normalized spacial score (nSPS) is 17.5. The molecule has 1 aliphatic carbocycles. The first kappa shape index (κ1) is 22.7. The third kappa shape index (κ3) is 6.07. The minimum absolute atomic E-state index is 0.421. The predicted molar refractivity (Wildman–Crippen MR) is 136 cm³/mol. The third-order valence-electron chi connectivity index (χ3n) is 5.85. The number of aromatic nitrogens is 2. The van der Waals surface area contributed by atoms with Crippen LogP contribution in [0.4, 0.5) is 11.6 Å². The summed E-state index contributed by atoms with van der Waals surface area (Å²) < 4.78 is 0. The van der Waals surface area contributed by atoms with Gasteiger partial charge in [-0.3, -0.25) is 5.32 Å². The maximum atomic E-state index is 6.18. The summed E-state index contributed by atoms with van der Waals surface area (Å²) >= 11 is 11.8. The van der Waals surface area contributed by atoms with E-state index >= 15 is 0 Å². The van der Waals surface area contributed by atoms with Gasteiger partial charge in [0.2, 0.25) is 11.9 Å². The Balaban J connectivity index is 1.49. The second-order valence-electron chi connectivity index (χ2n) is 8.42. The molecule has 32 heavy (non-hydrogen) atoms. The molecular formula is C23H30ClN7S. The fourth-order valence-electron chi connectivity index (χ4n) is 4.28. The van der Waals surface area contributed by atoms with Gasteiger partial charge in [0.05, 0.1) is 0 Å². The molecule has 1 saturated heterocycles. The SMILES string of the molecule is Cc1cc(C)nc(N/C(=N/C(=S)NC2CCCC2)N2CCN(c3cccc(Cl)c3)CC2)n1. The first-order chi connectivity index (χ1) is 15.5. The fourth-order valence-corrected chi connectivity index (χ4v) is 4.72. The minimum atomic E-state index is 0.421. The van der Waals surface area contributed by atoms with Crippen molar-refractivity contribution in [3.63, 3.8) is 0 Å². The zero-order valence-corrected chi connectivity index (χ0v) is 20.2. The van der Waals surface area contributed by atoms with Crippen molar-refractivity contribution in [2.24, 2.45) is 4.99 Å². The number of thiocarbonyl (C=S) groups is 1. The number of halogens is 1. The highest BCUT2D eigenvalue weighted by molar-refractivity contribution is 7.80.